The number of hydrogen-bond donors (Lipinski definition) is 0. The maximum atomic E-state index is 3.99. The molecule has 1 unspecified atom stereocenters. The lowest BCUT2D eigenvalue weighted by molar-refractivity contribution is 0.401. The number of halogens is 1. The van der Waals surface area contributed by atoms with Gasteiger partial charge in [0.15, 0.2) is 0 Å². The molecule has 1 aromatic heterocycles. The van der Waals surface area contributed by atoms with Crippen molar-refractivity contribution in [1.82, 2.24) is 4.57 Å². The molecule has 0 bridgehead atoms. The fraction of sp³-hybridized carbons (Fsp3) is 0.257. The fourth-order valence-electron chi connectivity index (χ4n) is 7.01. The zero-order valence-electron chi connectivity index (χ0n) is 22.3. The third-order valence-corrected chi connectivity index (χ3v) is 12.5. The highest BCUT2D eigenvalue weighted by Crippen LogP contribution is 2.59. The summed E-state index contributed by atoms with van der Waals surface area (Å²) in [6, 6.07) is 27.7. The van der Waals surface area contributed by atoms with Crippen molar-refractivity contribution >= 4 is 93.6 Å². The van der Waals surface area contributed by atoms with E-state index in [0.29, 0.717) is 10.5 Å². The van der Waals surface area contributed by atoms with Crippen LogP contribution in [0.3, 0.4) is 0 Å². The first-order valence-corrected chi connectivity index (χ1v) is 16.8. The summed E-state index contributed by atoms with van der Waals surface area (Å²) in [6.07, 6.45) is 5.08. The monoisotopic (exact) mass is 607 g/mol. The van der Waals surface area contributed by atoms with Crippen LogP contribution in [0.2, 0.25) is 0 Å². The number of aromatic nitrogens is 1. The van der Waals surface area contributed by atoms with Crippen LogP contribution < -0.4 is 0 Å². The van der Waals surface area contributed by atoms with Gasteiger partial charge in [0.25, 0.3) is 0 Å². The van der Waals surface area contributed by atoms with Crippen LogP contribution in [0.1, 0.15) is 49.7 Å². The van der Waals surface area contributed by atoms with Crippen molar-refractivity contribution in [1.29, 1.82) is 0 Å². The standard InChI is InChI=1S/C35H30BrNS2/c1-3-5-10-20(4-2)19-37-27-17-25(35-38-29-15-6-7-16-30(29)39-35)23-13-8-11-21-22-12-9-14-24-26(36)18-28(37)34(32(22)24)33(27)31(21)23/h6-9,11-18,20,35H,3-5,10,19H2,1-2H3. The van der Waals surface area contributed by atoms with Gasteiger partial charge in [0.05, 0.1) is 15.6 Å². The third-order valence-electron chi connectivity index (χ3n) is 8.94. The highest BCUT2D eigenvalue weighted by atomic mass is 79.9. The molecular formula is C35H30BrNS2. The Morgan fingerprint density at radius 2 is 1.36 bits per heavy atom. The van der Waals surface area contributed by atoms with E-state index in [1.165, 1.54) is 99.6 Å². The second kappa shape index (κ2) is 9.33. The van der Waals surface area contributed by atoms with E-state index in [4.69, 9.17) is 0 Å². The normalized spacial score (nSPS) is 15.2. The first-order chi connectivity index (χ1) is 19.2. The molecule has 0 spiro atoms. The summed E-state index contributed by atoms with van der Waals surface area (Å²) >= 11 is 8.03. The lowest BCUT2D eigenvalue weighted by Gasteiger charge is -2.19. The van der Waals surface area contributed by atoms with Gasteiger partial charge in [-0.2, -0.15) is 0 Å². The van der Waals surface area contributed by atoms with Crippen molar-refractivity contribution in [3.63, 3.8) is 0 Å². The van der Waals surface area contributed by atoms with Gasteiger partial charge in [-0.3, -0.25) is 0 Å². The Kier molecular flexibility index (Phi) is 5.84. The van der Waals surface area contributed by atoms with Gasteiger partial charge in [0.1, 0.15) is 0 Å². The van der Waals surface area contributed by atoms with Gasteiger partial charge in [0, 0.05) is 37.0 Å². The SMILES string of the molecule is CCCCC(CC)Cn1c2cc(Br)c3cccc4c5cccc6c(C7Sc8ccccc8S7)cc1c(c65)c2c34. The van der Waals surface area contributed by atoms with E-state index in [-0.39, 0.29) is 0 Å². The van der Waals surface area contributed by atoms with Crippen molar-refractivity contribution in [2.24, 2.45) is 5.92 Å². The van der Waals surface area contributed by atoms with E-state index >= 15 is 0 Å². The predicted octanol–water partition coefficient (Wildman–Crippen LogP) is 12.0. The smallest absolute Gasteiger partial charge is 0.0853 e. The largest absolute Gasteiger partial charge is 0.340 e. The summed E-state index contributed by atoms with van der Waals surface area (Å²) < 4.78 is 4.25. The number of thioether (sulfide) groups is 2. The topological polar surface area (TPSA) is 4.93 Å². The Morgan fingerprint density at radius 1 is 0.744 bits per heavy atom. The molecule has 0 radical (unpaired) electrons. The van der Waals surface area contributed by atoms with Crippen molar-refractivity contribution < 1.29 is 0 Å². The highest BCUT2D eigenvalue weighted by Gasteiger charge is 2.30. The van der Waals surface area contributed by atoms with Crippen LogP contribution in [-0.4, -0.2) is 4.57 Å². The molecule has 6 aromatic carbocycles. The first-order valence-electron chi connectivity index (χ1n) is 14.2. The van der Waals surface area contributed by atoms with E-state index in [1.807, 2.05) is 23.5 Å². The van der Waals surface area contributed by atoms with Crippen LogP contribution in [-0.2, 0) is 6.54 Å². The molecule has 1 aliphatic heterocycles. The van der Waals surface area contributed by atoms with E-state index in [9.17, 15) is 0 Å². The summed E-state index contributed by atoms with van der Waals surface area (Å²) in [6.45, 7) is 5.77. The second-order valence-corrected chi connectivity index (χ2v) is 14.6. The molecule has 4 heteroatoms. The van der Waals surface area contributed by atoms with Crippen molar-refractivity contribution in [2.45, 2.75) is 60.4 Å². The van der Waals surface area contributed by atoms with Gasteiger partial charge in [-0.25, -0.2) is 0 Å². The van der Waals surface area contributed by atoms with Crippen LogP contribution in [0.4, 0.5) is 0 Å². The number of benzene rings is 6. The first kappa shape index (κ1) is 24.4. The van der Waals surface area contributed by atoms with Gasteiger partial charge in [-0.05, 0) is 69.1 Å². The Balaban J connectivity index is 1.49. The van der Waals surface area contributed by atoms with E-state index < -0.39 is 0 Å². The Bertz CT molecular complexity index is 1980. The molecule has 39 heavy (non-hydrogen) atoms. The summed E-state index contributed by atoms with van der Waals surface area (Å²) in [5.74, 6) is 0.683. The van der Waals surface area contributed by atoms with Gasteiger partial charge < -0.3 is 4.57 Å². The molecular weight excluding hydrogens is 578 g/mol. The van der Waals surface area contributed by atoms with Gasteiger partial charge >= 0.3 is 0 Å². The maximum absolute atomic E-state index is 3.99. The van der Waals surface area contributed by atoms with Crippen LogP contribution in [0.15, 0.2) is 87.1 Å². The average molecular weight is 609 g/mol. The van der Waals surface area contributed by atoms with Crippen molar-refractivity contribution in [3.05, 3.63) is 82.8 Å². The fourth-order valence-corrected chi connectivity index (χ4v) is 10.4. The molecule has 7 aromatic rings. The minimum atomic E-state index is 0.361. The number of unbranched alkanes of at least 4 members (excludes halogenated alkanes) is 1. The van der Waals surface area contributed by atoms with E-state index in [1.54, 1.807) is 0 Å². The van der Waals surface area contributed by atoms with Crippen LogP contribution >= 0.6 is 39.5 Å². The predicted molar refractivity (Wildman–Crippen MR) is 176 cm³/mol. The lowest BCUT2D eigenvalue weighted by atomic mass is 9.88. The van der Waals surface area contributed by atoms with E-state index in [2.05, 4.69) is 107 Å². The number of fused-ring (bicyclic) bond motifs is 2. The maximum Gasteiger partial charge on any atom is 0.0853 e. The Morgan fingerprint density at radius 3 is 2.03 bits per heavy atom. The minimum absolute atomic E-state index is 0.361. The molecule has 1 atom stereocenters. The molecule has 8 rings (SSSR count). The van der Waals surface area contributed by atoms with Crippen LogP contribution in [0.5, 0.6) is 0 Å². The quantitative estimate of drug-likeness (QED) is 0.131. The van der Waals surface area contributed by atoms with Gasteiger partial charge in [0.2, 0.25) is 0 Å². The molecule has 1 nitrogen and oxygen atoms in total. The molecule has 2 heterocycles. The summed E-state index contributed by atoms with van der Waals surface area (Å²) in [5.41, 5.74) is 4.27. The van der Waals surface area contributed by atoms with Crippen LogP contribution in [0.25, 0.3) is 54.1 Å². The molecule has 0 N–H and O–H groups in total. The zero-order valence-corrected chi connectivity index (χ0v) is 25.5. The second-order valence-electron chi connectivity index (χ2n) is 11.1. The highest BCUT2D eigenvalue weighted by molar-refractivity contribution is 9.10. The molecule has 0 aliphatic carbocycles. The average Bonchev–Trinajstić information content (AvgIpc) is 3.53. The Hall–Kier alpha value is -2.40. The Labute approximate surface area is 246 Å². The minimum Gasteiger partial charge on any atom is -0.340 e. The zero-order chi connectivity index (χ0) is 26.2. The number of hydrogen-bond acceptors (Lipinski definition) is 2. The molecule has 194 valence electrons. The molecule has 0 saturated carbocycles. The molecule has 0 amide bonds. The molecule has 0 fully saturated rings. The number of rotatable bonds is 7. The lowest BCUT2D eigenvalue weighted by Crippen LogP contribution is -2.10. The van der Waals surface area contributed by atoms with Crippen LogP contribution in [0, 0.1) is 5.92 Å². The summed E-state index contributed by atoms with van der Waals surface area (Å²) in [7, 11) is 0. The summed E-state index contributed by atoms with van der Waals surface area (Å²) in [4.78, 5) is 2.82. The third kappa shape index (κ3) is 3.54. The van der Waals surface area contributed by atoms with Crippen molar-refractivity contribution in [3.8, 4) is 0 Å². The van der Waals surface area contributed by atoms with E-state index in [0.717, 1.165) is 6.54 Å². The molecule has 0 saturated heterocycles. The van der Waals surface area contributed by atoms with Gasteiger partial charge in [-0.15, -0.1) is 23.5 Å². The summed E-state index contributed by atoms with van der Waals surface area (Å²) in [5, 5.41) is 11.3. The van der Waals surface area contributed by atoms with Crippen molar-refractivity contribution in [2.75, 3.05) is 0 Å². The van der Waals surface area contributed by atoms with Gasteiger partial charge in [-0.1, -0.05) is 97.6 Å². The molecule has 1 aliphatic rings. The number of nitrogens with zero attached hydrogens (tertiary/aromatic N) is 1.